The molecule has 0 radical (unpaired) electrons. The standard InChI is InChI=1S/C53H34N2S2/c1-4-14-35(15-5-1)39-22-12-23-40(32-39)55(41-26-28-45(47(33-41)37-16-6-2-7-17-37)44-25-13-21-36-18-10-11-24-43(36)44)42-27-29-46-50(34-42)56-49-31-30-48-52(51(46)49)57-53(54-48)38-19-8-3-9-20-38/h1-34H. The molecule has 0 spiro atoms. The van der Waals surface area contributed by atoms with Gasteiger partial charge in [-0.1, -0.05) is 158 Å². The third kappa shape index (κ3) is 5.98. The lowest BCUT2D eigenvalue weighted by Gasteiger charge is -2.27. The Morgan fingerprint density at radius 1 is 0.368 bits per heavy atom. The number of thiazole rings is 1. The molecule has 9 aromatic carbocycles. The Bertz CT molecular complexity index is 3230. The number of rotatable bonds is 7. The number of fused-ring (bicyclic) bond motifs is 6. The van der Waals surface area contributed by atoms with E-state index >= 15 is 0 Å². The molecule has 0 aliphatic heterocycles. The second-order valence-electron chi connectivity index (χ2n) is 14.3. The molecular formula is C53H34N2S2. The summed E-state index contributed by atoms with van der Waals surface area (Å²) in [6.07, 6.45) is 0. The first-order chi connectivity index (χ1) is 28.2. The van der Waals surface area contributed by atoms with Gasteiger partial charge in [0, 0.05) is 42.8 Å². The minimum atomic E-state index is 1.05. The second-order valence-corrected chi connectivity index (χ2v) is 16.4. The molecule has 0 saturated heterocycles. The van der Waals surface area contributed by atoms with Crippen molar-refractivity contribution in [3.63, 3.8) is 0 Å². The lowest BCUT2D eigenvalue weighted by molar-refractivity contribution is 1.29. The third-order valence-electron chi connectivity index (χ3n) is 10.9. The van der Waals surface area contributed by atoms with E-state index in [0.717, 1.165) is 33.1 Å². The van der Waals surface area contributed by atoms with Crippen LogP contribution in [0.5, 0.6) is 0 Å². The lowest BCUT2D eigenvalue weighted by atomic mass is 9.90. The Labute approximate surface area is 339 Å². The fraction of sp³-hybridized carbons (Fsp3) is 0. The fourth-order valence-corrected chi connectivity index (χ4v) is 10.5. The van der Waals surface area contributed by atoms with Gasteiger partial charge in [-0.2, -0.15) is 0 Å². The van der Waals surface area contributed by atoms with Crippen LogP contribution in [0.2, 0.25) is 0 Å². The highest BCUT2D eigenvalue weighted by Gasteiger charge is 2.20. The van der Waals surface area contributed by atoms with Crippen LogP contribution in [0.25, 0.3) is 85.1 Å². The highest BCUT2D eigenvalue weighted by atomic mass is 32.1. The van der Waals surface area contributed by atoms with Crippen molar-refractivity contribution >= 4 is 80.9 Å². The summed E-state index contributed by atoms with van der Waals surface area (Å²) in [5, 5.41) is 6.10. The van der Waals surface area contributed by atoms with E-state index < -0.39 is 0 Å². The highest BCUT2D eigenvalue weighted by Crippen LogP contribution is 2.47. The van der Waals surface area contributed by atoms with Crippen LogP contribution >= 0.6 is 22.7 Å². The van der Waals surface area contributed by atoms with E-state index in [0.29, 0.717) is 0 Å². The fourth-order valence-electron chi connectivity index (χ4n) is 8.20. The van der Waals surface area contributed by atoms with E-state index in [1.165, 1.54) is 69.0 Å². The minimum Gasteiger partial charge on any atom is -0.310 e. The van der Waals surface area contributed by atoms with Crippen molar-refractivity contribution in [2.75, 3.05) is 4.90 Å². The van der Waals surface area contributed by atoms with Crippen LogP contribution in [0, 0.1) is 0 Å². The largest absolute Gasteiger partial charge is 0.310 e. The molecule has 11 aromatic rings. The number of nitrogens with zero attached hydrogens (tertiary/aromatic N) is 2. The summed E-state index contributed by atoms with van der Waals surface area (Å²) in [6, 6.07) is 74.6. The zero-order chi connectivity index (χ0) is 37.7. The zero-order valence-corrected chi connectivity index (χ0v) is 32.5. The van der Waals surface area contributed by atoms with E-state index in [9.17, 15) is 0 Å². The van der Waals surface area contributed by atoms with Crippen molar-refractivity contribution in [1.82, 2.24) is 4.98 Å². The van der Waals surface area contributed by atoms with Gasteiger partial charge < -0.3 is 4.90 Å². The van der Waals surface area contributed by atoms with Crippen LogP contribution in [0.15, 0.2) is 206 Å². The van der Waals surface area contributed by atoms with Crippen molar-refractivity contribution in [3.05, 3.63) is 206 Å². The van der Waals surface area contributed by atoms with E-state index in [1.54, 1.807) is 11.3 Å². The Kier molecular flexibility index (Phi) is 8.24. The normalized spacial score (nSPS) is 11.5. The number of benzene rings is 9. The molecule has 0 aliphatic carbocycles. The molecule has 0 unspecified atom stereocenters. The average Bonchev–Trinajstić information content (AvgIpc) is 3.89. The van der Waals surface area contributed by atoms with E-state index in [4.69, 9.17) is 4.98 Å². The van der Waals surface area contributed by atoms with Gasteiger partial charge >= 0.3 is 0 Å². The summed E-state index contributed by atoms with van der Waals surface area (Å²) >= 11 is 3.64. The molecule has 0 bridgehead atoms. The maximum Gasteiger partial charge on any atom is 0.124 e. The molecule has 0 aliphatic rings. The SMILES string of the molecule is c1ccc(-c2cccc(N(c3ccc(-c4cccc5ccccc45)c(-c4ccccc4)c3)c3ccc4c(c3)sc3ccc5nc(-c6ccccc6)sc5c34)c2)cc1. The van der Waals surface area contributed by atoms with Crippen molar-refractivity contribution < 1.29 is 0 Å². The number of hydrogen-bond donors (Lipinski definition) is 0. The molecule has 0 saturated carbocycles. The van der Waals surface area contributed by atoms with E-state index in [2.05, 4.69) is 211 Å². The van der Waals surface area contributed by atoms with Crippen LogP contribution in [0.1, 0.15) is 0 Å². The van der Waals surface area contributed by atoms with E-state index in [1.807, 2.05) is 11.3 Å². The van der Waals surface area contributed by atoms with Crippen LogP contribution in [0.3, 0.4) is 0 Å². The number of hydrogen-bond acceptors (Lipinski definition) is 4. The topological polar surface area (TPSA) is 16.1 Å². The molecule has 57 heavy (non-hydrogen) atoms. The first kappa shape index (κ1) is 33.5. The predicted molar refractivity (Wildman–Crippen MR) is 246 cm³/mol. The number of anilines is 3. The maximum atomic E-state index is 5.07. The van der Waals surface area contributed by atoms with Gasteiger partial charge in [0.15, 0.2) is 0 Å². The quantitative estimate of drug-likeness (QED) is 0.161. The Morgan fingerprint density at radius 2 is 1.02 bits per heavy atom. The minimum absolute atomic E-state index is 1.05. The molecule has 2 nitrogen and oxygen atoms in total. The Morgan fingerprint density at radius 3 is 1.84 bits per heavy atom. The molecule has 11 rings (SSSR count). The molecule has 268 valence electrons. The molecular weight excluding hydrogens is 729 g/mol. The molecule has 4 heteroatoms. The Balaban J connectivity index is 1.12. The molecule has 0 atom stereocenters. The molecule has 2 heterocycles. The van der Waals surface area contributed by atoms with Crippen LogP contribution < -0.4 is 4.90 Å². The van der Waals surface area contributed by atoms with Gasteiger partial charge in [-0.3, -0.25) is 0 Å². The summed E-state index contributed by atoms with van der Waals surface area (Å²) < 4.78 is 3.78. The smallest absolute Gasteiger partial charge is 0.124 e. The number of thiophene rings is 1. The first-order valence-electron chi connectivity index (χ1n) is 19.2. The summed E-state index contributed by atoms with van der Waals surface area (Å²) in [5.41, 5.74) is 12.7. The maximum absolute atomic E-state index is 5.07. The number of aromatic nitrogens is 1. The Hall–Kier alpha value is -6.85. The van der Waals surface area contributed by atoms with Crippen LogP contribution in [0.4, 0.5) is 17.1 Å². The lowest BCUT2D eigenvalue weighted by Crippen LogP contribution is -2.10. The molecule has 0 N–H and O–H groups in total. The van der Waals surface area contributed by atoms with Gasteiger partial charge in [0.05, 0.1) is 10.2 Å². The predicted octanol–water partition coefficient (Wildman–Crippen LogP) is 16.0. The van der Waals surface area contributed by atoms with Gasteiger partial charge in [-0.25, -0.2) is 4.98 Å². The van der Waals surface area contributed by atoms with Crippen molar-refractivity contribution in [1.29, 1.82) is 0 Å². The van der Waals surface area contributed by atoms with Gasteiger partial charge in [-0.05, 0) is 92.7 Å². The van der Waals surface area contributed by atoms with Gasteiger partial charge in [0.1, 0.15) is 5.01 Å². The summed E-state index contributed by atoms with van der Waals surface area (Å²) in [7, 11) is 0. The highest BCUT2D eigenvalue weighted by molar-refractivity contribution is 7.28. The molecule has 0 amide bonds. The van der Waals surface area contributed by atoms with Gasteiger partial charge in [0.2, 0.25) is 0 Å². The van der Waals surface area contributed by atoms with Crippen LogP contribution in [-0.4, -0.2) is 4.98 Å². The average molecular weight is 763 g/mol. The monoisotopic (exact) mass is 762 g/mol. The first-order valence-corrected chi connectivity index (χ1v) is 20.8. The van der Waals surface area contributed by atoms with Crippen LogP contribution in [-0.2, 0) is 0 Å². The summed E-state index contributed by atoms with van der Waals surface area (Å²) in [5.74, 6) is 0. The molecule has 0 fully saturated rings. The van der Waals surface area contributed by atoms with Crippen molar-refractivity contribution in [3.8, 4) is 44.0 Å². The zero-order valence-electron chi connectivity index (χ0n) is 30.8. The second kappa shape index (κ2) is 14.0. The van der Waals surface area contributed by atoms with Crippen molar-refractivity contribution in [2.45, 2.75) is 0 Å². The van der Waals surface area contributed by atoms with E-state index in [-0.39, 0.29) is 0 Å². The summed E-state index contributed by atoms with van der Waals surface area (Å²) in [4.78, 5) is 7.49. The van der Waals surface area contributed by atoms with Gasteiger partial charge in [-0.15, -0.1) is 22.7 Å². The summed E-state index contributed by atoms with van der Waals surface area (Å²) in [6.45, 7) is 0. The molecule has 2 aromatic heterocycles. The van der Waals surface area contributed by atoms with Crippen molar-refractivity contribution in [2.24, 2.45) is 0 Å². The third-order valence-corrected chi connectivity index (χ3v) is 13.1. The van der Waals surface area contributed by atoms with Gasteiger partial charge in [0.25, 0.3) is 0 Å².